The number of likely N-dealkylation sites (tertiary alicyclic amines) is 1. The van der Waals surface area contributed by atoms with Gasteiger partial charge in [-0.05, 0) is 58.6 Å². The molecule has 2 amide bonds. The summed E-state index contributed by atoms with van der Waals surface area (Å²) in [7, 11) is 0. The molecule has 1 aromatic carbocycles. The fourth-order valence-corrected chi connectivity index (χ4v) is 4.22. The maximum Gasteiger partial charge on any atom is 0.251 e. The molecule has 1 saturated heterocycles. The van der Waals surface area contributed by atoms with Crippen molar-refractivity contribution in [3.05, 3.63) is 56.2 Å². The van der Waals surface area contributed by atoms with Crippen LogP contribution >= 0.6 is 27.3 Å². The summed E-state index contributed by atoms with van der Waals surface area (Å²) in [5, 5.41) is 2.94. The third kappa shape index (κ3) is 4.45. The molecular formula is C18H19BrN2O2S. The average molecular weight is 407 g/mol. The number of hydrogen-bond donors (Lipinski definition) is 1. The van der Waals surface area contributed by atoms with Crippen molar-refractivity contribution in [3.8, 4) is 0 Å². The Hall–Kier alpha value is -1.66. The predicted molar refractivity (Wildman–Crippen MR) is 99.1 cm³/mol. The van der Waals surface area contributed by atoms with E-state index in [1.807, 2.05) is 35.2 Å². The molecule has 0 radical (unpaired) electrons. The Labute approximate surface area is 154 Å². The van der Waals surface area contributed by atoms with Gasteiger partial charge in [0.05, 0.1) is 3.79 Å². The van der Waals surface area contributed by atoms with Crippen molar-refractivity contribution in [2.24, 2.45) is 0 Å². The normalized spacial score (nSPS) is 14.2. The van der Waals surface area contributed by atoms with E-state index in [1.165, 1.54) is 4.88 Å². The zero-order valence-corrected chi connectivity index (χ0v) is 15.7. The third-order valence-electron chi connectivity index (χ3n) is 4.05. The highest BCUT2D eigenvalue weighted by molar-refractivity contribution is 9.11. The molecule has 1 aromatic heterocycles. The van der Waals surface area contributed by atoms with Crippen LogP contribution in [0.25, 0.3) is 0 Å². The van der Waals surface area contributed by atoms with E-state index in [0.29, 0.717) is 25.1 Å². The smallest absolute Gasteiger partial charge is 0.251 e. The molecule has 1 fully saturated rings. The number of rotatable bonds is 6. The predicted octanol–water partition coefficient (Wildman–Crippen LogP) is 3.61. The molecule has 6 heteroatoms. The number of benzene rings is 1. The quantitative estimate of drug-likeness (QED) is 0.796. The summed E-state index contributed by atoms with van der Waals surface area (Å²) >= 11 is 5.12. The highest BCUT2D eigenvalue weighted by atomic mass is 79.9. The van der Waals surface area contributed by atoms with Gasteiger partial charge in [0, 0.05) is 36.5 Å². The minimum atomic E-state index is -0.0607. The van der Waals surface area contributed by atoms with Crippen LogP contribution < -0.4 is 5.32 Å². The van der Waals surface area contributed by atoms with Gasteiger partial charge in [0.15, 0.2) is 0 Å². The van der Waals surface area contributed by atoms with Gasteiger partial charge in [-0.1, -0.05) is 12.1 Å². The molecule has 1 aliphatic heterocycles. The van der Waals surface area contributed by atoms with Gasteiger partial charge in [-0.15, -0.1) is 11.3 Å². The topological polar surface area (TPSA) is 49.4 Å². The van der Waals surface area contributed by atoms with E-state index in [4.69, 9.17) is 0 Å². The molecule has 24 heavy (non-hydrogen) atoms. The van der Waals surface area contributed by atoms with Crippen LogP contribution in [-0.4, -0.2) is 29.8 Å². The molecule has 0 bridgehead atoms. The van der Waals surface area contributed by atoms with Crippen molar-refractivity contribution < 1.29 is 9.59 Å². The fraction of sp³-hybridized carbons (Fsp3) is 0.333. The molecule has 126 valence electrons. The standard InChI is InChI=1S/C18H19BrN2O2S/c19-16-8-7-15(24-16)9-10-20-18(23)14-5-3-13(4-6-14)12-21-11-1-2-17(21)22/h3-8H,1-2,9-12H2,(H,20,23). The van der Waals surface area contributed by atoms with E-state index in [9.17, 15) is 9.59 Å². The molecule has 4 nitrogen and oxygen atoms in total. The number of halogens is 1. The average Bonchev–Trinajstić information content (AvgIpc) is 3.17. The van der Waals surface area contributed by atoms with Crippen molar-refractivity contribution in [1.29, 1.82) is 0 Å². The van der Waals surface area contributed by atoms with Crippen LogP contribution in [0.4, 0.5) is 0 Å². The number of nitrogens with one attached hydrogen (secondary N) is 1. The van der Waals surface area contributed by atoms with E-state index >= 15 is 0 Å². The summed E-state index contributed by atoms with van der Waals surface area (Å²) in [6, 6.07) is 11.6. The Kier molecular flexibility index (Phi) is 5.68. The Morgan fingerprint density at radius 3 is 2.62 bits per heavy atom. The Balaban J connectivity index is 1.49. The second-order valence-electron chi connectivity index (χ2n) is 5.83. The second kappa shape index (κ2) is 7.94. The van der Waals surface area contributed by atoms with E-state index in [1.54, 1.807) is 11.3 Å². The van der Waals surface area contributed by atoms with Crippen LogP contribution in [0.15, 0.2) is 40.2 Å². The molecule has 2 heterocycles. The van der Waals surface area contributed by atoms with Crippen molar-refractivity contribution in [2.75, 3.05) is 13.1 Å². The SMILES string of the molecule is O=C(NCCc1ccc(Br)s1)c1ccc(CN2CCCC2=O)cc1. The molecule has 0 atom stereocenters. The zero-order valence-electron chi connectivity index (χ0n) is 13.3. The molecule has 2 aromatic rings. The zero-order chi connectivity index (χ0) is 16.9. The van der Waals surface area contributed by atoms with Crippen LogP contribution in [0.1, 0.15) is 33.6 Å². The molecule has 1 aliphatic rings. The number of hydrogen-bond acceptors (Lipinski definition) is 3. The Bertz CT molecular complexity index is 727. The van der Waals surface area contributed by atoms with E-state index in [2.05, 4.69) is 27.3 Å². The lowest BCUT2D eigenvalue weighted by molar-refractivity contribution is -0.128. The highest BCUT2D eigenvalue weighted by Crippen LogP contribution is 2.22. The van der Waals surface area contributed by atoms with E-state index in [0.717, 1.165) is 28.7 Å². The Morgan fingerprint density at radius 2 is 2.00 bits per heavy atom. The first-order valence-electron chi connectivity index (χ1n) is 8.01. The van der Waals surface area contributed by atoms with E-state index in [-0.39, 0.29) is 11.8 Å². The summed E-state index contributed by atoms with van der Waals surface area (Å²) in [4.78, 5) is 26.9. The summed E-state index contributed by atoms with van der Waals surface area (Å²) in [5.41, 5.74) is 1.71. The van der Waals surface area contributed by atoms with Crippen molar-refractivity contribution in [1.82, 2.24) is 10.2 Å². The van der Waals surface area contributed by atoms with Crippen LogP contribution in [-0.2, 0) is 17.8 Å². The number of amides is 2. The molecular weight excluding hydrogens is 388 g/mol. The maximum absolute atomic E-state index is 12.2. The van der Waals surface area contributed by atoms with E-state index < -0.39 is 0 Å². The first-order chi connectivity index (χ1) is 11.6. The van der Waals surface area contributed by atoms with Gasteiger partial charge in [-0.25, -0.2) is 0 Å². The number of carbonyl (C=O) groups excluding carboxylic acids is 2. The molecule has 0 spiro atoms. The lowest BCUT2D eigenvalue weighted by Crippen LogP contribution is -2.26. The van der Waals surface area contributed by atoms with Gasteiger partial charge >= 0.3 is 0 Å². The van der Waals surface area contributed by atoms with Crippen LogP contribution in [0, 0.1) is 0 Å². The largest absolute Gasteiger partial charge is 0.352 e. The first kappa shape index (κ1) is 17.2. The minimum Gasteiger partial charge on any atom is -0.352 e. The maximum atomic E-state index is 12.2. The molecule has 0 saturated carbocycles. The molecule has 0 aliphatic carbocycles. The molecule has 0 unspecified atom stereocenters. The van der Waals surface area contributed by atoms with Gasteiger partial charge in [-0.2, -0.15) is 0 Å². The summed E-state index contributed by atoms with van der Waals surface area (Å²) in [6.45, 7) is 2.09. The van der Waals surface area contributed by atoms with Gasteiger partial charge in [0.25, 0.3) is 5.91 Å². The summed E-state index contributed by atoms with van der Waals surface area (Å²) in [6.07, 6.45) is 2.43. The second-order valence-corrected chi connectivity index (χ2v) is 8.38. The van der Waals surface area contributed by atoms with Crippen LogP contribution in [0.2, 0.25) is 0 Å². The van der Waals surface area contributed by atoms with Crippen LogP contribution in [0.5, 0.6) is 0 Å². The van der Waals surface area contributed by atoms with Crippen molar-refractivity contribution in [2.45, 2.75) is 25.8 Å². The number of carbonyl (C=O) groups is 2. The fourth-order valence-electron chi connectivity index (χ4n) is 2.74. The third-order valence-corrected chi connectivity index (χ3v) is 5.73. The highest BCUT2D eigenvalue weighted by Gasteiger charge is 2.19. The number of nitrogens with zero attached hydrogens (tertiary/aromatic N) is 1. The summed E-state index contributed by atoms with van der Waals surface area (Å²) in [5.74, 6) is 0.159. The summed E-state index contributed by atoms with van der Waals surface area (Å²) < 4.78 is 1.11. The van der Waals surface area contributed by atoms with Crippen molar-refractivity contribution in [3.63, 3.8) is 0 Å². The Morgan fingerprint density at radius 1 is 1.21 bits per heavy atom. The monoisotopic (exact) mass is 406 g/mol. The van der Waals surface area contributed by atoms with Crippen LogP contribution in [0.3, 0.4) is 0 Å². The van der Waals surface area contributed by atoms with Gasteiger partial charge in [-0.3, -0.25) is 9.59 Å². The lowest BCUT2D eigenvalue weighted by atomic mass is 10.1. The minimum absolute atomic E-state index is 0.0607. The lowest BCUT2D eigenvalue weighted by Gasteiger charge is -2.15. The van der Waals surface area contributed by atoms with Gasteiger partial charge < -0.3 is 10.2 Å². The number of thiophene rings is 1. The molecule has 1 N–H and O–H groups in total. The molecule has 3 rings (SSSR count). The van der Waals surface area contributed by atoms with Gasteiger partial charge in [0.1, 0.15) is 0 Å². The first-order valence-corrected chi connectivity index (χ1v) is 9.62. The van der Waals surface area contributed by atoms with Crippen molar-refractivity contribution >= 4 is 39.1 Å². The van der Waals surface area contributed by atoms with Gasteiger partial charge in [0.2, 0.25) is 5.91 Å².